The maximum atomic E-state index is 13.3. The van der Waals surface area contributed by atoms with Gasteiger partial charge in [0.25, 0.3) is 0 Å². The van der Waals surface area contributed by atoms with Crippen LogP contribution in [0.2, 0.25) is 0 Å². The summed E-state index contributed by atoms with van der Waals surface area (Å²) in [5.74, 6) is -0.600. The average Bonchev–Trinajstić information content (AvgIpc) is 2.79. The van der Waals surface area contributed by atoms with Crippen molar-refractivity contribution < 1.29 is 9.53 Å². The van der Waals surface area contributed by atoms with Gasteiger partial charge in [0.2, 0.25) is 5.54 Å². The van der Waals surface area contributed by atoms with Crippen LogP contribution < -0.4 is 10.2 Å². The van der Waals surface area contributed by atoms with Crippen LogP contribution in [0.25, 0.3) is 0 Å². The topological polar surface area (TPSA) is 65.4 Å². The number of hydrogen-bond donors (Lipinski definition) is 1. The predicted molar refractivity (Wildman–Crippen MR) is 125 cm³/mol. The molecule has 0 aliphatic carbocycles. The standard InChI is InChI=1S/C25H22BrN3O2/c1-3-31-24(30)25(16-27)23(18-7-5-4-6-8-18)29(20-12-9-17(2)10-13-20)22-15-19(26)11-14-21(22)28-25/h4-15,23,28H,3H2,1-2H3. The number of fused-ring (bicyclic) bond motifs is 1. The number of halogens is 1. The Morgan fingerprint density at radius 2 is 1.87 bits per heavy atom. The minimum Gasteiger partial charge on any atom is -0.463 e. The largest absolute Gasteiger partial charge is 0.463 e. The number of esters is 1. The van der Waals surface area contributed by atoms with Crippen LogP contribution in [0.3, 0.4) is 0 Å². The third-order valence-electron chi connectivity index (χ3n) is 5.42. The first-order valence-corrected chi connectivity index (χ1v) is 10.9. The minimum absolute atomic E-state index is 0.184. The molecule has 0 aromatic heterocycles. The number of carbonyl (C=O) groups excluding carboxylic acids is 1. The fourth-order valence-electron chi connectivity index (χ4n) is 3.99. The maximum absolute atomic E-state index is 13.3. The van der Waals surface area contributed by atoms with Gasteiger partial charge in [0.1, 0.15) is 12.1 Å². The Morgan fingerprint density at radius 3 is 2.52 bits per heavy atom. The molecule has 1 heterocycles. The van der Waals surface area contributed by atoms with Gasteiger partial charge in [0, 0.05) is 10.2 Å². The highest BCUT2D eigenvalue weighted by molar-refractivity contribution is 9.10. The van der Waals surface area contributed by atoms with Crippen molar-refractivity contribution in [2.45, 2.75) is 25.4 Å². The summed E-state index contributed by atoms with van der Waals surface area (Å²) in [6, 6.07) is 25.0. The van der Waals surface area contributed by atoms with Crippen LogP contribution in [-0.2, 0) is 9.53 Å². The third-order valence-corrected chi connectivity index (χ3v) is 5.91. The van der Waals surface area contributed by atoms with Crippen molar-refractivity contribution in [3.8, 4) is 6.07 Å². The number of anilines is 3. The zero-order valence-electron chi connectivity index (χ0n) is 17.3. The lowest BCUT2D eigenvalue weighted by molar-refractivity contribution is -0.147. The van der Waals surface area contributed by atoms with Gasteiger partial charge in [-0.3, -0.25) is 0 Å². The molecular weight excluding hydrogens is 454 g/mol. The number of rotatable bonds is 4. The second-order valence-electron chi connectivity index (χ2n) is 7.45. The molecule has 0 spiro atoms. The van der Waals surface area contributed by atoms with Gasteiger partial charge >= 0.3 is 5.97 Å². The van der Waals surface area contributed by atoms with Crippen molar-refractivity contribution in [3.63, 3.8) is 0 Å². The lowest BCUT2D eigenvalue weighted by Gasteiger charge is -2.47. The Balaban J connectivity index is 2.04. The number of hydrogen-bond acceptors (Lipinski definition) is 5. The molecule has 1 N–H and O–H groups in total. The van der Waals surface area contributed by atoms with Gasteiger partial charge in [0.05, 0.1) is 18.0 Å². The first-order chi connectivity index (χ1) is 15.0. The number of nitrogens with zero attached hydrogens (tertiary/aromatic N) is 2. The highest BCUT2D eigenvalue weighted by Gasteiger charge is 2.55. The number of benzene rings is 3. The van der Waals surface area contributed by atoms with E-state index in [1.165, 1.54) is 0 Å². The summed E-state index contributed by atoms with van der Waals surface area (Å²) in [4.78, 5) is 15.3. The fourth-order valence-corrected chi connectivity index (χ4v) is 4.34. The molecule has 2 atom stereocenters. The highest BCUT2D eigenvalue weighted by atomic mass is 79.9. The van der Waals surface area contributed by atoms with Gasteiger partial charge in [-0.25, -0.2) is 4.79 Å². The molecule has 0 saturated heterocycles. The maximum Gasteiger partial charge on any atom is 0.349 e. The summed E-state index contributed by atoms with van der Waals surface area (Å²) < 4.78 is 6.31. The fraction of sp³-hybridized carbons (Fsp3) is 0.200. The number of nitrogens with one attached hydrogen (secondary N) is 1. The first-order valence-electron chi connectivity index (χ1n) is 10.1. The second-order valence-corrected chi connectivity index (χ2v) is 8.36. The Bertz CT molecular complexity index is 1140. The van der Waals surface area contributed by atoms with E-state index in [1.54, 1.807) is 6.92 Å². The number of ether oxygens (including phenoxy) is 1. The van der Waals surface area contributed by atoms with Crippen LogP contribution in [0, 0.1) is 18.3 Å². The van der Waals surface area contributed by atoms with Crippen molar-refractivity contribution in [1.82, 2.24) is 0 Å². The molecule has 156 valence electrons. The molecule has 0 radical (unpaired) electrons. The molecule has 4 rings (SSSR count). The van der Waals surface area contributed by atoms with Gasteiger partial charge in [-0.1, -0.05) is 64.0 Å². The van der Waals surface area contributed by atoms with E-state index in [0.29, 0.717) is 5.69 Å². The number of aryl methyl sites for hydroxylation is 1. The van der Waals surface area contributed by atoms with Crippen LogP contribution >= 0.6 is 15.9 Å². The van der Waals surface area contributed by atoms with Crippen LogP contribution in [0.5, 0.6) is 0 Å². The van der Waals surface area contributed by atoms with E-state index in [2.05, 4.69) is 27.3 Å². The zero-order valence-corrected chi connectivity index (χ0v) is 18.9. The molecule has 6 heteroatoms. The first kappa shape index (κ1) is 21.0. The monoisotopic (exact) mass is 475 g/mol. The average molecular weight is 476 g/mol. The van der Waals surface area contributed by atoms with E-state index < -0.39 is 17.6 Å². The normalized spacial score (nSPS) is 19.7. The van der Waals surface area contributed by atoms with E-state index in [4.69, 9.17) is 4.74 Å². The van der Waals surface area contributed by atoms with Gasteiger partial charge in [-0.05, 0) is 49.7 Å². The SMILES string of the molecule is CCOC(=O)C1(C#N)Nc2ccc(Br)cc2N(c2ccc(C)cc2)C1c1ccccc1. The van der Waals surface area contributed by atoms with Gasteiger partial charge < -0.3 is 15.0 Å². The van der Waals surface area contributed by atoms with Crippen LogP contribution in [0.1, 0.15) is 24.1 Å². The molecule has 2 unspecified atom stereocenters. The van der Waals surface area contributed by atoms with Crippen LogP contribution in [-0.4, -0.2) is 18.1 Å². The summed E-state index contributed by atoms with van der Waals surface area (Å²) >= 11 is 3.57. The zero-order chi connectivity index (χ0) is 22.0. The molecule has 3 aromatic carbocycles. The molecule has 1 aliphatic heterocycles. The molecule has 1 aliphatic rings. The minimum atomic E-state index is -1.64. The molecule has 5 nitrogen and oxygen atoms in total. The molecule has 0 fully saturated rings. The molecular formula is C25H22BrN3O2. The Kier molecular flexibility index (Phi) is 5.71. The molecule has 31 heavy (non-hydrogen) atoms. The lowest BCUT2D eigenvalue weighted by Crippen LogP contribution is -2.58. The second kappa shape index (κ2) is 8.44. The lowest BCUT2D eigenvalue weighted by atomic mass is 9.81. The summed E-state index contributed by atoms with van der Waals surface area (Å²) in [6.07, 6.45) is 0. The summed E-state index contributed by atoms with van der Waals surface area (Å²) in [6.45, 7) is 3.95. The van der Waals surface area contributed by atoms with E-state index >= 15 is 0 Å². The van der Waals surface area contributed by atoms with Crippen LogP contribution in [0.4, 0.5) is 17.1 Å². The Hall–Kier alpha value is -3.30. The predicted octanol–water partition coefficient (Wildman–Crippen LogP) is 5.89. The highest BCUT2D eigenvalue weighted by Crippen LogP contribution is 2.50. The van der Waals surface area contributed by atoms with Gasteiger partial charge in [0.15, 0.2) is 0 Å². The molecule has 0 bridgehead atoms. The Labute approximate surface area is 190 Å². The quantitative estimate of drug-likeness (QED) is 0.476. The van der Waals surface area contributed by atoms with E-state index in [-0.39, 0.29) is 6.61 Å². The van der Waals surface area contributed by atoms with Crippen molar-refractivity contribution in [2.75, 3.05) is 16.8 Å². The van der Waals surface area contributed by atoms with E-state index in [1.807, 2.05) is 84.6 Å². The van der Waals surface area contributed by atoms with E-state index in [9.17, 15) is 10.1 Å². The summed E-state index contributed by atoms with van der Waals surface area (Å²) in [7, 11) is 0. The summed E-state index contributed by atoms with van der Waals surface area (Å²) in [5, 5.41) is 13.6. The summed E-state index contributed by atoms with van der Waals surface area (Å²) in [5.41, 5.74) is 2.75. The number of nitriles is 1. The van der Waals surface area contributed by atoms with Gasteiger partial charge in [-0.2, -0.15) is 5.26 Å². The van der Waals surface area contributed by atoms with E-state index in [0.717, 1.165) is 27.0 Å². The third kappa shape index (κ3) is 3.66. The van der Waals surface area contributed by atoms with Crippen LogP contribution in [0.15, 0.2) is 77.3 Å². The molecule has 0 amide bonds. The van der Waals surface area contributed by atoms with Crippen molar-refractivity contribution in [1.29, 1.82) is 5.26 Å². The molecule has 3 aromatic rings. The van der Waals surface area contributed by atoms with Crippen molar-refractivity contribution >= 4 is 39.0 Å². The smallest absolute Gasteiger partial charge is 0.349 e. The molecule has 0 saturated carbocycles. The van der Waals surface area contributed by atoms with Gasteiger partial charge in [-0.15, -0.1) is 0 Å². The van der Waals surface area contributed by atoms with Crippen molar-refractivity contribution in [3.05, 3.63) is 88.4 Å². The number of carbonyl (C=O) groups is 1. The Morgan fingerprint density at radius 1 is 1.16 bits per heavy atom. The van der Waals surface area contributed by atoms with Crippen molar-refractivity contribution in [2.24, 2.45) is 0 Å².